The first-order chi connectivity index (χ1) is 8.69. The van der Waals surface area contributed by atoms with E-state index in [1.54, 1.807) is 0 Å². The zero-order chi connectivity index (χ0) is 13.0. The second kappa shape index (κ2) is 5.50. The molecule has 0 saturated carbocycles. The standard InChI is InChI=1S/C12H17N5O/c1-16(7-5-11(13)15-18)8-10-9-17-6-3-2-4-12(17)14-10/h2-4,6,9,18H,5,7-8H2,1H3,(H2,13,15). The Bertz CT molecular complexity index is 515. The Kier molecular flexibility index (Phi) is 3.78. The molecule has 0 bridgehead atoms. The molecule has 3 N–H and O–H groups in total. The molecule has 96 valence electrons. The monoisotopic (exact) mass is 247 g/mol. The number of rotatable bonds is 5. The van der Waals surface area contributed by atoms with Gasteiger partial charge in [0.2, 0.25) is 0 Å². The summed E-state index contributed by atoms with van der Waals surface area (Å²) in [4.78, 5) is 6.59. The number of hydrogen-bond acceptors (Lipinski definition) is 4. The van der Waals surface area contributed by atoms with Crippen molar-refractivity contribution >= 4 is 11.5 Å². The molecule has 0 amide bonds. The normalized spacial score (nSPS) is 12.4. The molecule has 0 aliphatic carbocycles. The van der Waals surface area contributed by atoms with Gasteiger partial charge in [0, 0.05) is 31.9 Å². The smallest absolute Gasteiger partial charge is 0.140 e. The molecule has 0 aromatic carbocycles. The van der Waals surface area contributed by atoms with Crippen molar-refractivity contribution in [3.8, 4) is 0 Å². The number of pyridine rings is 1. The van der Waals surface area contributed by atoms with Gasteiger partial charge in [-0.3, -0.25) is 0 Å². The molecule has 0 aliphatic heterocycles. The molecule has 18 heavy (non-hydrogen) atoms. The highest BCUT2D eigenvalue weighted by Crippen LogP contribution is 2.06. The first-order valence-corrected chi connectivity index (χ1v) is 5.76. The fourth-order valence-electron chi connectivity index (χ4n) is 1.77. The Morgan fingerprint density at radius 2 is 2.39 bits per heavy atom. The first kappa shape index (κ1) is 12.4. The summed E-state index contributed by atoms with van der Waals surface area (Å²) >= 11 is 0. The van der Waals surface area contributed by atoms with Gasteiger partial charge in [-0.2, -0.15) is 0 Å². The number of nitrogens with two attached hydrogens (primary N) is 1. The van der Waals surface area contributed by atoms with E-state index in [9.17, 15) is 0 Å². The van der Waals surface area contributed by atoms with Crippen molar-refractivity contribution in [2.24, 2.45) is 10.9 Å². The lowest BCUT2D eigenvalue weighted by Gasteiger charge is -2.14. The molecule has 0 fully saturated rings. The van der Waals surface area contributed by atoms with Crippen LogP contribution < -0.4 is 5.73 Å². The summed E-state index contributed by atoms with van der Waals surface area (Å²) in [5, 5.41) is 11.4. The molecule has 0 unspecified atom stereocenters. The predicted octanol–water partition coefficient (Wildman–Crippen LogP) is 0.903. The van der Waals surface area contributed by atoms with Crippen LogP contribution >= 0.6 is 0 Å². The van der Waals surface area contributed by atoms with Crippen molar-refractivity contribution in [2.75, 3.05) is 13.6 Å². The van der Waals surface area contributed by atoms with Crippen LogP contribution in [0.1, 0.15) is 12.1 Å². The van der Waals surface area contributed by atoms with Crippen molar-refractivity contribution in [3.63, 3.8) is 0 Å². The fraction of sp³-hybridized carbons (Fsp3) is 0.333. The van der Waals surface area contributed by atoms with Gasteiger partial charge < -0.3 is 20.2 Å². The van der Waals surface area contributed by atoms with Crippen LogP contribution in [-0.4, -0.2) is 38.9 Å². The minimum Gasteiger partial charge on any atom is -0.409 e. The van der Waals surface area contributed by atoms with Crippen LogP contribution in [0.25, 0.3) is 5.65 Å². The molecule has 2 aromatic heterocycles. The number of amidine groups is 1. The molecule has 0 radical (unpaired) electrons. The van der Waals surface area contributed by atoms with E-state index in [1.807, 2.05) is 42.0 Å². The van der Waals surface area contributed by atoms with E-state index in [1.165, 1.54) is 0 Å². The van der Waals surface area contributed by atoms with E-state index < -0.39 is 0 Å². The van der Waals surface area contributed by atoms with Gasteiger partial charge in [0.15, 0.2) is 0 Å². The predicted molar refractivity (Wildman–Crippen MR) is 69.6 cm³/mol. The molecule has 2 rings (SSSR count). The summed E-state index contributed by atoms with van der Waals surface area (Å²) in [7, 11) is 1.98. The molecular weight excluding hydrogens is 230 g/mol. The summed E-state index contributed by atoms with van der Waals surface area (Å²) in [6.45, 7) is 1.46. The Hall–Kier alpha value is -2.08. The summed E-state index contributed by atoms with van der Waals surface area (Å²) in [5.41, 5.74) is 7.37. The first-order valence-electron chi connectivity index (χ1n) is 5.76. The quantitative estimate of drug-likeness (QED) is 0.356. The summed E-state index contributed by atoms with van der Waals surface area (Å²) < 4.78 is 1.99. The minimum atomic E-state index is 0.247. The number of nitrogens with zero attached hydrogens (tertiary/aromatic N) is 4. The molecule has 0 saturated heterocycles. The lowest BCUT2D eigenvalue weighted by atomic mass is 10.3. The maximum absolute atomic E-state index is 8.46. The third-order valence-electron chi connectivity index (χ3n) is 2.72. The highest BCUT2D eigenvalue weighted by molar-refractivity contribution is 5.79. The summed E-state index contributed by atoms with van der Waals surface area (Å²) in [5.74, 6) is 0.247. The van der Waals surface area contributed by atoms with Gasteiger partial charge in [0.1, 0.15) is 11.5 Å². The summed E-state index contributed by atoms with van der Waals surface area (Å²) in [6, 6.07) is 5.91. The lowest BCUT2D eigenvalue weighted by Crippen LogP contribution is -2.24. The molecule has 0 atom stereocenters. The Morgan fingerprint density at radius 1 is 1.56 bits per heavy atom. The van der Waals surface area contributed by atoms with E-state index in [0.717, 1.165) is 24.4 Å². The van der Waals surface area contributed by atoms with Crippen molar-refractivity contribution < 1.29 is 5.21 Å². The topological polar surface area (TPSA) is 79.1 Å². The molecule has 2 aromatic rings. The second-order valence-corrected chi connectivity index (χ2v) is 4.28. The highest BCUT2D eigenvalue weighted by Gasteiger charge is 2.05. The van der Waals surface area contributed by atoms with Crippen molar-refractivity contribution in [1.29, 1.82) is 0 Å². The van der Waals surface area contributed by atoms with Gasteiger partial charge >= 0.3 is 0 Å². The average molecular weight is 247 g/mol. The third kappa shape index (κ3) is 2.98. The fourth-order valence-corrected chi connectivity index (χ4v) is 1.77. The van der Waals surface area contributed by atoms with Crippen molar-refractivity contribution in [2.45, 2.75) is 13.0 Å². The lowest BCUT2D eigenvalue weighted by molar-refractivity contribution is 0.309. The summed E-state index contributed by atoms with van der Waals surface area (Å²) in [6.07, 6.45) is 4.53. The van der Waals surface area contributed by atoms with Crippen LogP contribution in [0.4, 0.5) is 0 Å². The number of fused-ring (bicyclic) bond motifs is 1. The van der Waals surface area contributed by atoms with Crippen LogP contribution in [0.3, 0.4) is 0 Å². The third-order valence-corrected chi connectivity index (χ3v) is 2.72. The molecule has 0 aliphatic rings. The van der Waals surface area contributed by atoms with Crippen molar-refractivity contribution in [1.82, 2.24) is 14.3 Å². The molecule has 6 nitrogen and oxygen atoms in total. The van der Waals surface area contributed by atoms with Crippen LogP contribution in [0.5, 0.6) is 0 Å². The van der Waals surface area contributed by atoms with Gasteiger partial charge in [0.25, 0.3) is 0 Å². The van der Waals surface area contributed by atoms with Gasteiger partial charge in [-0.15, -0.1) is 0 Å². The second-order valence-electron chi connectivity index (χ2n) is 4.28. The van der Waals surface area contributed by atoms with Gasteiger partial charge in [-0.1, -0.05) is 11.2 Å². The zero-order valence-electron chi connectivity index (χ0n) is 10.3. The van der Waals surface area contributed by atoms with Crippen molar-refractivity contribution in [3.05, 3.63) is 36.3 Å². The molecule has 2 heterocycles. The number of aromatic nitrogens is 2. The number of imidazole rings is 1. The Labute approximate surface area is 105 Å². The zero-order valence-corrected chi connectivity index (χ0v) is 10.3. The van der Waals surface area contributed by atoms with E-state index in [0.29, 0.717) is 6.42 Å². The van der Waals surface area contributed by atoms with Gasteiger partial charge in [-0.25, -0.2) is 4.98 Å². The van der Waals surface area contributed by atoms with Gasteiger partial charge in [-0.05, 0) is 19.2 Å². The maximum atomic E-state index is 8.46. The van der Waals surface area contributed by atoms with Crippen LogP contribution in [0, 0.1) is 0 Å². The number of oxime groups is 1. The van der Waals surface area contributed by atoms with Crippen LogP contribution in [0.2, 0.25) is 0 Å². The maximum Gasteiger partial charge on any atom is 0.140 e. The van der Waals surface area contributed by atoms with E-state index in [2.05, 4.69) is 15.0 Å². The average Bonchev–Trinajstić information content (AvgIpc) is 2.77. The Morgan fingerprint density at radius 3 is 3.11 bits per heavy atom. The molecular formula is C12H17N5O. The highest BCUT2D eigenvalue weighted by atomic mass is 16.4. The number of hydrogen-bond donors (Lipinski definition) is 2. The molecule has 6 heteroatoms. The van der Waals surface area contributed by atoms with E-state index >= 15 is 0 Å². The van der Waals surface area contributed by atoms with Gasteiger partial charge in [0.05, 0.1) is 5.69 Å². The van der Waals surface area contributed by atoms with E-state index in [4.69, 9.17) is 10.9 Å². The van der Waals surface area contributed by atoms with Crippen LogP contribution in [0.15, 0.2) is 35.7 Å². The van der Waals surface area contributed by atoms with E-state index in [-0.39, 0.29) is 5.84 Å². The Balaban J connectivity index is 1.96. The largest absolute Gasteiger partial charge is 0.409 e. The minimum absolute atomic E-state index is 0.247. The van der Waals surface area contributed by atoms with Crippen LogP contribution in [-0.2, 0) is 6.54 Å². The molecule has 0 spiro atoms. The SMILES string of the molecule is CN(CC/C(N)=N/O)Cc1cn2ccccc2n1.